The molecule has 0 unspecified atom stereocenters. The highest BCUT2D eigenvalue weighted by molar-refractivity contribution is 5.91. The molecule has 0 atom stereocenters. The summed E-state index contributed by atoms with van der Waals surface area (Å²) in [4.78, 5) is 11.2. The summed E-state index contributed by atoms with van der Waals surface area (Å²) < 4.78 is 0. The Balaban J connectivity index is 2.89. The van der Waals surface area contributed by atoms with Crippen LogP contribution < -0.4 is 11.1 Å². The van der Waals surface area contributed by atoms with Gasteiger partial charge >= 0.3 is 0 Å². The molecule has 1 amide bonds. The number of hydrogen-bond donors (Lipinski definition) is 2. The largest absolute Gasteiger partial charge is 0.326 e. The van der Waals surface area contributed by atoms with E-state index in [1.165, 1.54) is 0 Å². The van der Waals surface area contributed by atoms with Crippen molar-refractivity contribution in [2.45, 2.75) is 26.8 Å². The number of nitrogens with one attached hydrogen (secondary N) is 1. The zero-order valence-electron chi connectivity index (χ0n) is 8.63. The van der Waals surface area contributed by atoms with Crippen LogP contribution in [0.4, 0.5) is 5.69 Å². The van der Waals surface area contributed by atoms with E-state index in [-0.39, 0.29) is 5.91 Å². The zero-order chi connectivity index (χ0) is 10.6. The van der Waals surface area contributed by atoms with Gasteiger partial charge < -0.3 is 11.1 Å². The predicted octanol–water partition coefficient (Wildman–Crippen LogP) is 1.80. The molecule has 1 rings (SSSR count). The highest BCUT2D eigenvalue weighted by Gasteiger charge is 2.02. The lowest BCUT2D eigenvalue weighted by molar-refractivity contribution is -0.115. The molecule has 0 heterocycles. The number of amides is 1. The van der Waals surface area contributed by atoms with E-state index in [1.807, 2.05) is 32.0 Å². The summed E-state index contributed by atoms with van der Waals surface area (Å²) in [5.41, 5.74) is 8.47. The second-order valence-electron chi connectivity index (χ2n) is 3.26. The van der Waals surface area contributed by atoms with Crippen LogP contribution in [0.3, 0.4) is 0 Å². The first-order chi connectivity index (χ1) is 6.67. The molecule has 3 N–H and O–H groups in total. The van der Waals surface area contributed by atoms with Gasteiger partial charge in [-0.3, -0.25) is 4.79 Å². The van der Waals surface area contributed by atoms with Crippen LogP contribution >= 0.6 is 0 Å². The van der Waals surface area contributed by atoms with Crippen LogP contribution in [-0.2, 0) is 11.3 Å². The molecule has 0 bridgehead atoms. The molecule has 0 radical (unpaired) electrons. The molecule has 3 nitrogen and oxygen atoms in total. The van der Waals surface area contributed by atoms with Crippen LogP contribution in [0, 0.1) is 6.92 Å². The fraction of sp³-hybridized carbons (Fsp3) is 0.364. The van der Waals surface area contributed by atoms with E-state index in [4.69, 9.17) is 5.73 Å². The summed E-state index contributed by atoms with van der Waals surface area (Å²) in [6.45, 7) is 4.29. The van der Waals surface area contributed by atoms with E-state index in [9.17, 15) is 4.79 Å². The number of carbonyl (C=O) groups is 1. The third kappa shape index (κ3) is 2.57. The Morgan fingerprint density at radius 1 is 1.50 bits per heavy atom. The summed E-state index contributed by atoms with van der Waals surface area (Å²) in [5, 5.41) is 2.84. The summed E-state index contributed by atoms with van der Waals surface area (Å²) in [7, 11) is 0. The maximum absolute atomic E-state index is 11.2. The van der Waals surface area contributed by atoms with Crippen LogP contribution in [0.5, 0.6) is 0 Å². The van der Waals surface area contributed by atoms with Gasteiger partial charge in [-0.25, -0.2) is 0 Å². The second-order valence-corrected chi connectivity index (χ2v) is 3.26. The maximum Gasteiger partial charge on any atom is 0.224 e. The van der Waals surface area contributed by atoms with Gasteiger partial charge in [0.2, 0.25) is 5.91 Å². The lowest BCUT2D eigenvalue weighted by Gasteiger charge is -2.08. The summed E-state index contributed by atoms with van der Waals surface area (Å²) in [5.74, 6) is 0.0299. The number of rotatable bonds is 3. The smallest absolute Gasteiger partial charge is 0.224 e. The van der Waals surface area contributed by atoms with E-state index >= 15 is 0 Å². The van der Waals surface area contributed by atoms with Crippen molar-refractivity contribution >= 4 is 11.6 Å². The highest BCUT2D eigenvalue weighted by atomic mass is 16.1. The van der Waals surface area contributed by atoms with Gasteiger partial charge in [-0.1, -0.05) is 19.1 Å². The van der Waals surface area contributed by atoms with E-state index in [1.54, 1.807) is 0 Å². The quantitative estimate of drug-likeness (QED) is 0.767. The molecule has 1 aromatic rings. The molecule has 1 aromatic carbocycles. The second kappa shape index (κ2) is 4.77. The molecule has 0 spiro atoms. The van der Waals surface area contributed by atoms with Gasteiger partial charge in [-0.15, -0.1) is 0 Å². The Hall–Kier alpha value is -1.35. The molecule has 3 heteroatoms. The minimum atomic E-state index is 0.0299. The molecular weight excluding hydrogens is 176 g/mol. The van der Waals surface area contributed by atoms with Gasteiger partial charge in [0.25, 0.3) is 0 Å². The Bertz CT molecular complexity index is 334. The summed E-state index contributed by atoms with van der Waals surface area (Å²) in [6.07, 6.45) is 0.492. The topological polar surface area (TPSA) is 55.1 Å². The van der Waals surface area contributed by atoms with Crippen LogP contribution in [-0.4, -0.2) is 5.91 Å². The average Bonchev–Trinajstić information content (AvgIpc) is 2.21. The summed E-state index contributed by atoms with van der Waals surface area (Å²) >= 11 is 0. The van der Waals surface area contributed by atoms with Crippen LogP contribution in [0.15, 0.2) is 18.2 Å². The minimum absolute atomic E-state index is 0.0299. The summed E-state index contributed by atoms with van der Waals surface area (Å²) in [6, 6.07) is 5.85. The van der Waals surface area contributed by atoms with Crippen LogP contribution in [0.2, 0.25) is 0 Å². The zero-order valence-corrected chi connectivity index (χ0v) is 8.63. The van der Waals surface area contributed by atoms with Gasteiger partial charge in [-0.05, 0) is 24.1 Å². The predicted molar refractivity (Wildman–Crippen MR) is 58.0 cm³/mol. The Morgan fingerprint density at radius 2 is 2.21 bits per heavy atom. The van der Waals surface area contributed by atoms with Gasteiger partial charge in [0, 0.05) is 18.7 Å². The molecule has 14 heavy (non-hydrogen) atoms. The number of aryl methyl sites for hydroxylation is 1. The van der Waals surface area contributed by atoms with Gasteiger partial charge in [0.05, 0.1) is 0 Å². The third-order valence-corrected chi connectivity index (χ3v) is 2.13. The maximum atomic E-state index is 11.2. The molecule has 0 saturated heterocycles. The Labute approximate surface area is 84.3 Å². The number of benzene rings is 1. The van der Waals surface area contributed by atoms with Gasteiger partial charge in [0.1, 0.15) is 0 Å². The molecule has 0 aliphatic heterocycles. The molecule has 76 valence electrons. The van der Waals surface area contributed by atoms with Crippen molar-refractivity contribution in [2.75, 3.05) is 5.32 Å². The van der Waals surface area contributed by atoms with Crippen molar-refractivity contribution < 1.29 is 4.79 Å². The Kier molecular flexibility index (Phi) is 3.65. The van der Waals surface area contributed by atoms with Crippen molar-refractivity contribution in [3.05, 3.63) is 29.3 Å². The van der Waals surface area contributed by atoms with Gasteiger partial charge in [-0.2, -0.15) is 0 Å². The normalized spacial score (nSPS) is 9.93. The van der Waals surface area contributed by atoms with Crippen molar-refractivity contribution in [1.82, 2.24) is 0 Å². The minimum Gasteiger partial charge on any atom is -0.326 e. The standard InChI is InChI=1S/C11H16N2O/c1-3-11(14)13-10-6-9(7-12)5-4-8(10)2/h4-6H,3,7,12H2,1-2H3,(H,13,14). The van der Waals surface area contributed by atoms with Crippen LogP contribution in [0.25, 0.3) is 0 Å². The molecule has 0 aliphatic carbocycles. The first kappa shape index (κ1) is 10.7. The van der Waals surface area contributed by atoms with Crippen molar-refractivity contribution in [3.63, 3.8) is 0 Å². The van der Waals surface area contributed by atoms with E-state index < -0.39 is 0 Å². The lowest BCUT2D eigenvalue weighted by atomic mass is 10.1. The van der Waals surface area contributed by atoms with E-state index in [0.29, 0.717) is 13.0 Å². The molecule has 0 fully saturated rings. The monoisotopic (exact) mass is 192 g/mol. The Morgan fingerprint density at radius 3 is 2.79 bits per heavy atom. The SMILES string of the molecule is CCC(=O)Nc1cc(CN)ccc1C. The van der Waals surface area contributed by atoms with Gasteiger partial charge in [0.15, 0.2) is 0 Å². The number of anilines is 1. The fourth-order valence-corrected chi connectivity index (χ4v) is 1.17. The first-order valence-corrected chi connectivity index (χ1v) is 4.76. The number of nitrogens with two attached hydrogens (primary N) is 1. The first-order valence-electron chi connectivity index (χ1n) is 4.76. The van der Waals surface area contributed by atoms with Crippen molar-refractivity contribution in [2.24, 2.45) is 5.73 Å². The van der Waals surface area contributed by atoms with Crippen LogP contribution in [0.1, 0.15) is 24.5 Å². The molecule has 0 aliphatic rings. The molecule has 0 saturated carbocycles. The molecule has 0 aromatic heterocycles. The van der Waals surface area contributed by atoms with E-state index in [2.05, 4.69) is 5.32 Å². The number of carbonyl (C=O) groups excluding carboxylic acids is 1. The average molecular weight is 192 g/mol. The number of hydrogen-bond acceptors (Lipinski definition) is 2. The molecular formula is C11H16N2O. The fourth-order valence-electron chi connectivity index (χ4n) is 1.17. The van der Waals surface area contributed by atoms with Crippen molar-refractivity contribution in [1.29, 1.82) is 0 Å². The third-order valence-electron chi connectivity index (χ3n) is 2.13. The van der Waals surface area contributed by atoms with E-state index in [0.717, 1.165) is 16.8 Å². The highest BCUT2D eigenvalue weighted by Crippen LogP contribution is 2.16. The lowest BCUT2D eigenvalue weighted by Crippen LogP contribution is -2.11. The van der Waals surface area contributed by atoms with Crippen molar-refractivity contribution in [3.8, 4) is 0 Å².